The highest BCUT2D eigenvalue weighted by atomic mass is 16.5. The van der Waals surface area contributed by atoms with Gasteiger partial charge in [0, 0.05) is 31.7 Å². The van der Waals surface area contributed by atoms with Crippen molar-refractivity contribution in [3.63, 3.8) is 0 Å². The fourth-order valence-corrected chi connectivity index (χ4v) is 3.15. The summed E-state index contributed by atoms with van der Waals surface area (Å²) in [6, 6.07) is 9.45. The number of hydrogen-bond acceptors (Lipinski definition) is 5. The van der Waals surface area contributed by atoms with Crippen LogP contribution in [0.25, 0.3) is 5.65 Å². The summed E-state index contributed by atoms with van der Waals surface area (Å²) < 4.78 is 12.9. The number of carbonyl (C=O) groups is 1. The number of imidazole rings is 1. The van der Waals surface area contributed by atoms with Crippen LogP contribution in [0.2, 0.25) is 0 Å². The third-order valence-corrected chi connectivity index (χ3v) is 4.43. The lowest BCUT2D eigenvalue weighted by Crippen LogP contribution is -2.46. The van der Waals surface area contributed by atoms with Gasteiger partial charge < -0.3 is 13.6 Å². The zero-order chi connectivity index (χ0) is 16.4. The molecule has 124 valence electrons. The van der Waals surface area contributed by atoms with Crippen molar-refractivity contribution in [1.29, 1.82) is 0 Å². The Morgan fingerprint density at radius 2 is 2.25 bits per heavy atom. The summed E-state index contributed by atoms with van der Waals surface area (Å²) in [7, 11) is 0. The van der Waals surface area contributed by atoms with Crippen LogP contribution in [-0.4, -0.2) is 45.9 Å². The number of Topliss-reactive ketones (excluding diaryl/α,β-unsaturated/α-hetero) is 1. The van der Waals surface area contributed by atoms with E-state index in [0.717, 1.165) is 24.4 Å². The topological polar surface area (TPSA) is 60.0 Å². The normalized spacial score (nSPS) is 18.9. The molecule has 1 aliphatic rings. The number of ketones is 1. The van der Waals surface area contributed by atoms with Crippen molar-refractivity contribution in [1.82, 2.24) is 14.3 Å². The van der Waals surface area contributed by atoms with E-state index in [0.29, 0.717) is 25.4 Å². The largest absolute Gasteiger partial charge is 0.461 e. The molecule has 4 heterocycles. The third-order valence-electron chi connectivity index (χ3n) is 4.43. The Labute approximate surface area is 139 Å². The molecule has 3 aromatic rings. The van der Waals surface area contributed by atoms with Crippen LogP contribution in [0.5, 0.6) is 0 Å². The van der Waals surface area contributed by atoms with E-state index < -0.39 is 0 Å². The Balaban J connectivity index is 1.50. The van der Waals surface area contributed by atoms with Gasteiger partial charge in [-0.2, -0.15) is 0 Å². The molecule has 1 aliphatic heterocycles. The molecule has 0 bridgehead atoms. The van der Waals surface area contributed by atoms with Gasteiger partial charge in [-0.1, -0.05) is 6.07 Å². The van der Waals surface area contributed by atoms with Crippen molar-refractivity contribution in [2.24, 2.45) is 0 Å². The first kappa shape index (κ1) is 15.1. The standard InChI is InChI=1S/C18H19N3O3/c22-16(17-4-3-8-24-17)10-14-13-23-9-7-20(14)12-15-11-19-18-5-1-2-6-21(15)18/h1-6,8,11,14H,7,9-10,12-13H2. The van der Waals surface area contributed by atoms with Gasteiger partial charge in [0.25, 0.3) is 0 Å². The molecule has 4 rings (SSSR count). The van der Waals surface area contributed by atoms with Crippen LogP contribution >= 0.6 is 0 Å². The van der Waals surface area contributed by atoms with Gasteiger partial charge in [0.05, 0.1) is 31.4 Å². The van der Waals surface area contributed by atoms with E-state index in [4.69, 9.17) is 9.15 Å². The Kier molecular flexibility index (Phi) is 4.15. The SMILES string of the molecule is O=C(CC1COCCN1Cc1cnc2ccccn12)c1ccco1. The number of rotatable bonds is 5. The number of hydrogen-bond donors (Lipinski definition) is 0. The summed E-state index contributed by atoms with van der Waals surface area (Å²) in [6.45, 7) is 2.78. The molecule has 0 spiro atoms. The van der Waals surface area contributed by atoms with Crippen LogP contribution in [-0.2, 0) is 11.3 Å². The average Bonchev–Trinajstić information content (AvgIpc) is 3.27. The summed E-state index contributed by atoms with van der Waals surface area (Å²) in [5.74, 6) is 0.425. The molecule has 1 saturated heterocycles. The van der Waals surface area contributed by atoms with Crippen LogP contribution in [0.1, 0.15) is 22.7 Å². The summed E-state index contributed by atoms with van der Waals surface area (Å²) in [4.78, 5) is 19.1. The zero-order valence-corrected chi connectivity index (χ0v) is 13.3. The second kappa shape index (κ2) is 6.59. The number of ether oxygens (including phenoxy) is 1. The average molecular weight is 325 g/mol. The van der Waals surface area contributed by atoms with Crippen molar-refractivity contribution in [3.8, 4) is 0 Å². The zero-order valence-electron chi connectivity index (χ0n) is 13.3. The van der Waals surface area contributed by atoms with Gasteiger partial charge >= 0.3 is 0 Å². The molecule has 1 fully saturated rings. The second-order valence-corrected chi connectivity index (χ2v) is 5.98. The first-order chi connectivity index (χ1) is 11.8. The fourth-order valence-electron chi connectivity index (χ4n) is 3.15. The number of nitrogens with zero attached hydrogens (tertiary/aromatic N) is 3. The summed E-state index contributed by atoms with van der Waals surface area (Å²) >= 11 is 0. The molecule has 1 atom stereocenters. The minimum atomic E-state index is 0.0126. The minimum Gasteiger partial charge on any atom is -0.461 e. The number of fused-ring (bicyclic) bond motifs is 1. The molecule has 0 saturated carbocycles. The maximum absolute atomic E-state index is 12.3. The van der Waals surface area contributed by atoms with Crippen LogP contribution < -0.4 is 0 Å². The molecular weight excluding hydrogens is 306 g/mol. The number of carbonyl (C=O) groups excluding carboxylic acids is 1. The van der Waals surface area contributed by atoms with Crippen molar-refractivity contribution in [3.05, 3.63) is 60.4 Å². The summed E-state index contributed by atoms with van der Waals surface area (Å²) in [5, 5.41) is 0. The van der Waals surface area contributed by atoms with Gasteiger partial charge in [-0.25, -0.2) is 4.98 Å². The molecule has 0 N–H and O–H groups in total. The highest BCUT2D eigenvalue weighted by molar-refractivity contribution is 5.93. The minimum absolute atomic E-state index is 0.0126. The maximum Gasteiger partial charge on any atom is 0.199 e. The van der Waals surface area contributed by atoms with Gasteiger partial charge in [-0.15, -0.1) is 0 Å². The number of pyridine rings is 1. The lowest BCUT2D eigenvalue weighted by atomic mass is 10.1. The van der Waals surface area contributed by atoms with Crippen LogP contribution in [0.3, 0.4) is 0 Å². The number of aromatic nitrogens is 2. The molecule has 0 aliphatic carbocycles. The monoisotopic (exact) mass is 325 g/mol. The van der Waals surface area contributed by atoms with E-state index in [9.17, 15) is 4.79 Å². The highest BCUT2D eigenvalue weighted by Gasteiger charge is 2.27. The Bertz CT molecular complexity index is 825. The summed E-state index contributed by atoms with van der Waals surface area (Å²) in [5.41, 5.74) is 2.05. The van der Waals surface area contributed by atoms with Gasteiger partial charge in [-0.3, -0.25) is 9.69 Å². The summed E-state index contributed by atoms with van der Waals surface area (Å²) in [6.07, 6.45) is 5.84. The van der Waals surface area contributed by atoms with E-state index in [1.807, 2.05) is 30.6 Å². The lowest BCUT2D eigenvalue weighted by Gasteiger charge is -2.34. The Morgan fingerprint density at radius 1 is 1.29 bits per heavy atom. The molecule has 0 amide bonds. The third kappa shape index (κ3) is 2.98. The molecule has 6 heteroatoms. The maximum atomic E-state index is 12.3. The quantitative estimate of drug-likeness (QED) is 0.674. The molecule has 1 unspecified atom stereocenters. The van der Waals surface area contributed by atoms with Gasteiger partial charge in [0.2, 0.25) is 0 Å². The lowest BCUT2D eigenvalue weighted by molar-refractivity contribution is -0.0134. The molecule has 24 heavy (non-hydrogen) atoms. The molecular formula is C18H19N3O3. The Hall–Kier alpha value is -2.44. The smallest absolute Gasteiger partial charge is 0.199 e. The predicted molar refractivity (Wildman–Crippen MR) is 87.9 cm³/mol. The van der Waals surface area contributed by atoms with Crippen molar-refractivity contribution < 1.29 is 13.9 Å². The molecule has 3 aromatic heterocycles. The molecule has 6 nitrogen and oxygen atoms in total. The van der Waals surface area contributed by atoms with Gasteiger partial charge in [0.15, 0.2) is 11.5 Å². The first-order valence-corrected chi connectivity index (χ1v) is 8.11. The number of furan rings is 1. The predicted octanol–water partition coefficient (Wildman–Crippen LogP) is 2.40. The Morgan fingerprint density at radius 3 is 3.12 bits per heavy atom. The van der Waals surface area contributed by atoms with E-state index in [-0.39, 0.29) is 11.8 Å². The molecule has 0 radical (unpaired) electrons. The van der Waals surface area contributed by atoms with E-state index in [1.165, 1.54) is 6.26 Å². The van der Waals surface area contributed by atoms with Crippen molar-refractivity contribution in [2.45, 2.75) is 19.0 Å². The van der Waals surface area contributed by atoms with Crippen molar-refractivity contribution >= 4 is 11.4 Å². The van der Waals surface area contributed by atoms with Crippen LogP contribution in [0.4, 0.5) is 0 Å². The van der Waals surface area contributed by atoms with E-state index in [1.54, 1.807) is 12.1 Å². The van der Waals surface area contributed by atoms with Crippen molar-refractivity contribution in [2.75, 3.05) is 19.8 Å². The van der Waals surface area contributed by atoms with Gasteiger partial charge in [-0.05, 0) is 24.3 Å². The second-order valence-electron chi connectivity index (χ2n) is 5.98. The van der Waals surface area contributed by atoms with Gasteiger partial charge in [0.1, 0.15) is 5.65 Å². The first-order valence-electron chi connectivity index (χ1n) is 8.11. The van der Waals surface area contributed by atoms with E-state index in [2.05, 4.69) is 14.3 Å². The number of morpholine rings is 1. The van der Waals surface area contributed by atoms with Crippen LogP contribution in [0.15, 0.2) is 53.4 Å². The highest BCUT2D eigenvalue weighted by Crippen LogP contribution is 2.18. The molecule has 0 aromatic carbocycles. The fraction of sp³-hybridized carbons (Fsp3) is 0.333. The van der Waals surface area contributed by atoms with E-state index >= 15 is 0 Å². The van der Waals surface area contributed by atoms with Crippen LogP contribution in [0, 0.1) is 0 Å².